The average Bonchev–Trinajstić information content (AvgIpc) is 2.31. The Kier molecular flexibility index (Phi) is 3.62. The van der Waals surface area contributed by atoms with Crippen molar-refractivity contribution in [2.45, 2.75) is 19.3 Å². The first-order valence-corrected chi connectivity index (χ1v) is 6.61. The minimum atomic E-state index is -2.46. The van der Waals surface area contributed by atoms with Crippen LogP contribution in [0.5, 0.6) is 5.75 Å². The van der Waals surface area contributed by atoms with Crippen molar-refractivity contribution in [2.24, 2.45) is 0 Å². The zero-order chi connectivity index (χ0) is 11.4. The van der Waals surface area contributed by atoms with Crippen LogP contribution in [0.1, 0.15) is 19.3 Å². The number of para-hydroxylation sites is 1. The Hall–Kier alpha value is -1.28. The average molecular weight is 239 g/mol. The van der Waals surface area contributed by atoms with E-state index < -0.39 is 8.18 Å². The van der Waals surface area contributed by atoms with E-state index in [1.165, 1.54) is 4.67 Å². The fourth-order valence-corrected chi connectivity index (χ4v) is 2.75. The molecular weight excluding hydrogens is 225 g/mol. The van der Waals surface area contributed by atoms with Crippen LogP contribution in [0.2, 0.25) is 0 Å². The maximum Gasteiger partial charge on any atom is 0.334 e. The van der Waals surface area contributed by atoms with Crippen LogP contribution in [0.3, 0.4) is 0 Å². The minimum absolute atomic E-state index is 0.0638. The molecule has 0 radical (unpaired) electrons. The number of carbonyl (C=O) groups excluding carboxylic acids is 1. The molecule has 1 saturated heterocycles. The van der Waals surface area contributed by atoms with E-state index in [9.17, 15) is 9.36 Å². The van der Waals surface area contributed by atoms with E-state index in [0.29, 0.717) is 18.7 Å². The predicted molar refractivity (Wildman–Crippen MR) is 61.6 cm³/mol. The summed E-state index contributed by atoms with van der Waals surface area (Å²) in [5.74, 6) is 0.482. The first-order chi connectivity index (χ1) is 7.77. The fourth-order valence-electron chi connectivity index (χ4n) is 1.64. The zero-order valence-electron chi connectivity index (χ0n) is 8.89. The molecular formula is C11H14NO3P. The third-order valence-electron chi connectivity index (χ3n) is 2.49. The van der Waals surface area contributed by atoms with Crippen LogP contribution in [0.25, 0.3) is 0 Å². The van der Waals surface area contributed by atoms with Gasteiger partial charge in [0.15, 0.2) is 0 Å². The van der Waals surface area contributed by atoms with Gasteiger partial charge < -0.3 is 4.52 Å². The van der Waals surface area contributed by atoms with Crippen molar-refractivity contribution >= 4 is 14.1 Å². The third-order valence-corrected chi connectivity index (χ3v) is 3.82. The summed E-state index contributed by atoms with van der Waals surface area (Å²) < 4.78 is 18.5. The molecule has 0 saturated carbocycles. The molecule has 86 valence electrons. The number of rotatable bonds is 3. The summed E-state index contributed by atoms with van der Waals surface area (Å²) in [6.45, 7) is 0.545. The quantitative estimate of drug-likeness (QED) is 0.761. The van der Waals surface area contributed by atoms with E-state index in [0.717, 1.165) is 12.8 Å². The number of hydrogen-bond acceptors (Lipinski definition) is 3. The van der Waals surface area contributed by atoms with Crippen LogP contribution in [0.15, 0.2) is 30.3 Å². The highest BCUT2D eigenvalue weighted by atomic mass is 31.1. The van der Waals surface area contributed by atoms with E-state index in [-0.39, 0.29) is 5.91 Å². The predicted octanol–water partition coefficient (Wildman–Crippen LogP) is 2.47. The molecule has 0 bridgehead atoms. The molecule has 0 aliphatic carbocycles. The Bertz CT molecular complexity index is 393. The summed E-state index contributed by atoms with van der Waals surface area (Å²) in [6, 6.07) is 8.94. The molecule has 0 N–H and O–H groups in total. The van der Waals surface area contributed by atoms with Crippen LogP contribution in [0, 0.1) is 0 Å². The molecule has 1 aliphatic heterocycles. The molecule has 2 rings (SSSR count). The normalized spacial score (nSPS) is 18.2. The molecule has 1 amide bonds. The van der Waals surface area contributed by atoms with Crippen LogP contribution in [-0.2, 0) is 9.36 Å². The summed E-state index contributed by atoms with van der Waals surface area (Å²) in [5, 5.41) is 0. The number of amides is 1. The second-order valence-corrected chi connectivity index (χ2v) is 4.96. The topological polar surface area (TPSA) is 46.6 Å². The largest absolute Gasteiger partial charge is 0.431 e. The summed E-state index contributed by atoms with van der Waals surface area (Å²) in [4.78, 5) is 11.5. The zero-order valence-corrected chi connectivity index (χ0v) is 9.89. The number of carbonyl (C=O) groups is 1. The monoisotopic (exact) mass is 239 g/mol. The van der Waals surface area contributed by atoms with Gasteiger partial charge in [-0.25, -0.2) is 0 Å². The molecule has 16 heavy (non-hydrogen) atoms. The SMILES string of the molecule is O=C1CCCCN1[PH](=O)Oc1ccccc1. The fraction of sp³-hybridized carbons (Fsp3) is 0.364. The molecule has 1 aliphatic rings. The summed E-state index contributed by atoms with van der Waals surface area (Å²) in [5.41, 5.74) is 0. The number of benzene rings is 1. The summed E-state index contributed by atoms with van der Waals surface area (Å²) in [6.07, 6.45) is 2.27. The molecule has 1 unspecified atom stereocenters. The van der Waals surface area contributed by atoms with E-state index in [4.69, 9.17) is 4.52 Å². The van der Waals surface area contributed by atoms with Crippen LogP contribution in [0.4, 0.5) is 0 Å². The Morgan fingerprint density at radius 1 is 1.19 bits per heavy atom. The van der Waals surface area contributed by atoms with Crippen molar-refractivity contribution in [3.8, 4) is 5.75 Å². The van der Waals surface area contributed by atoms with E-state index >= 15 is 0 Å². The van der Waals surface area contributed by atoms with Gasteiger partial charge in [0.1, 0.15) is 5.75 Å². The van der Waals surface area contributed by atoms with Gasteiger partial charge in [0.25, 0.3) is 0 Å². The van der Waals surface area contributed by atoms with Gasteiger partial charge in [0, 0.05) is 13.0 Å². The molecule has 5 heteroatoms. The maximum atomic E-state index is 11.8. The van der Waals surface area contributed by atoms with Crippen molar-refractivity contribution in [2.75, 3.05) is 6.54 Å². The van der Waals surface area contributed by atoms with Gasteiger partial charge in [-0.15, -0.1) is 0 Å². The molecule has 1 atom stereocenters. The van der Waals surface area contributed by atoms with Gasteiger partial charge in [-0.1, -0.05) is 18.2 Å². The lowest BCUT2D eigenvalue weighted by atomic mass is 10.2. The van der Waals surface area contributed by atoms with Crippen molar-refractivity contribution in [1.82, 2.24) is 4.67 Å². The molecule has 0 aromatic heterocycles. The Labute approximate surface area is 95.1 Å². The first-order valence-electron chi connectivity index (χ1n) is 5.34. The molecule has 1 aromatic carbocycles. The summed E-state index contributed by atoms with van der Waals surface area (Å²) >= 11 is 0. The van der Waals surface area contributed by atoms with Gasteiger partial charge in [-0.3, -0.25) is 14.0 Å². The first kappa shape index (κ1) is 11.2. The summed E-state index contributed by atoms with van der Waals surface area (Å²) in [7, 11) is -2.46. The molecule has 1 aromatic rings. The minimum Gasteiger partial charge on any atom is -0.431 e. The Balaban J connectivity index is 2.00. The molecule has 1 heterocycles. The van der Waals surface area contributed by atoms with Crippen molar-refractivity contribution < 1.29 is 13.9 Å². The Morgan fingerprint density at radius 3 is 2.62 bits per heavy atom. The van der Waals surface area contributed by atoms with Crippen molar-refractivity contribution in [1.29, 1.82) is 0 Å². The number of nitrogens with zero attached hydrogens (tertiary/aromatic N) is 1. The van der Waals surface area contributed by atoms with Crippen LogP contribution >= 0.6 is 8.18 Å². The lowest BCUT2D eigenvalue weighted by molar-refractivity contribution is -0.128. The lowest BCUT2D eigenvalue weighted by Gasteiger charge is -2.25. The van der Waals surface area contributed by atoms with Crippen molar-refractivity contribution in [3.05, 3.63) is 30.3 Å². The van der Waals surface area contributed by atoms with Crippen LogP contribution < -0.4 is 4.52 Å². The van der Waals surface area contributed by atoms with Crippen LogP contribution in [-0.4, -0.2) is 17.1 Å². The molecule has 4 nitrogen and oxygen atoms in total. The van der Waals surface area contributed by atoms with Gasteiger partial charge >= 0.3 is 8.18 Å². The van der Waals surface area contributed by atoms with Crippen molar-refractivity contribution in [3.63, 3.8) is 0 Å². The Morgan fingerprint density at radius 2 is 1.94 bits per heavy atom. The highest BCUT2D eigenvalue weighted by Gasteiger charge is 2.23. The standard InChI is InChI=1S/C11H14NO3P/c13-11-8-4-5-9-12(11)16(14)15-10-6-2-1-3-7-10/h1-3,6-7,16H,4-5,8-9H2. The van der Waals surface area contributed by atoms with Gasteiger partial charge in [0.2, 0.25) is 5.91 Å². The lowest BCUT2D eigenvalue weighted by Crippen LogP contribution is -2.30. The molecule has 0 spiro atoms. The van der Waals surface area contributed by atoms with E-state index in [1.807, 2.05) is 18.2 Å². The van der Waals surface area contributed by atoms with E-state index in [1.54, 1.807) is 12.1 Å². The van der Waals surface area contributed by atoms with Gasteiger partial charge in [-0.2, -0.15) is 0 Å². The van der Waals surface area contributed by atoms with Gasteiger partial charge in [0.05, 0.1) is 0 Å². The van der Waals surface area contributed by atoms with E-state index in [2.05, 4.69) is 0 Å². The highest BCUT2D eigenvalue weighted by Crippen LogP contribution is 2.33. The highest BCUT2D eigenvalue weighted by molar-refractivity contribution is 7.37. The van der Waals surface area contributed by atoms with Gasteiger partial charge in [-0.05, 0) is 25.0 Å². The maximum absolute atomic E-state index is 11.8. The third kappa shape index (κ3) is 2.64. The smallest absolute Gasteiger partial charge is 0.334 e. The second kappa shape index (κ2) is 5.17. The number of piperidine rings is 1. The number of hydrogen-bond donors (Lipinski definition) is 0. The molecule has 1 fully saturated rings. The second-order valence-electron chi connectivity index (χ2n) is 3.68.